The second-order valence-corrected chi connectivity index (χ2v) is 7.24. The lowest BCUT2D eigenvalue weighted by atomic mass is 9.94. The van der Waals surface area contributed by atoms with Crippen LogP contribution in [0.3, 0.4) is 0 Å². The van der Waals surface area contributed by atoms with Gasteiger partial charge >= 0.3 is 12.1 Å². The molecule has 0 heterocycles. The number of rotatable bonds is 6. The van der Waals surface area contributed by atoms with Crippen molar-refractivity contribution in [2.75, 3.05) is 33.8 Å². The maximum Gasteiger partial charge on any atom is 0.410 e. The van der Waals surface area contributed by atoms with Gasteiger partial charge in [0, 0.05) is 26.2 Å². The fraction of sp³-hybridized carbons (Fsp3) is 0.882. The third-order valence-corrected chi connectivity index (χ3v) is 4.08. The lowest BCUT2D eigenvalue weighted by Crippen LogP contribution is -2.45. The van der Waals surface area contributed by atoms with E-state index in [1.165, 1.54) is 26.4 Å². The van der Waals surface area contributed by atoms with Crippen LogP contribution < -0.4 is 0 Å². The van der Waals surface area contributed by atoms with Gasteiger partial charge in [-0.3, -0.25) is 9.69 Å². The van der Waals surface area contributed by atoms with Gasteiger partial charge in [-0.15, -0.1) is 0 Å². The zero-order valence-electron chi connectivity index (χ0n) is 15.3. The molecule has 0 aromatic carbocycles. The van der Waals surface area contributed by atoms with E-state index in [9.17, 15) is 9.59 Å². The molecule has 0 aliphatic heterocycles. The molecular weight excluding hydrogens is 296 g/mol. The summed E-state index contributed by atoms with van der Waals surface area (Å²) in [4.78, 5) is 27.4. The van der Waals surface area contributed by atoms with Gasteiger partial charge in [0.25, 0.3) is 0 Å². The van der Waals surface area contributed by atoms with Crippen LogP contribution in [0, 0.1) is 0 Å². The van der Waals surface area contributed by atoms with Gasteiger partial charge in [-0.05, 0) is 33.6 Å². The molecule has 1 aliphatic carbocycles. The summed E-state index contributed by atoms with van der Waals surface area (Å²) < 4.78 is 10.2. The topological polar surface area (TPSA) is 59.1 Å². The van der Waals surface area contributed by atoms with Crippen molar-refractivity contribution in [2.45, 2.75) is 64.5 Å². The molecule has 6 nitrogen and oxygen atoms in total. The van der Waals surface area contributed by atoms with Crippen LogP contribution in [-0.4, -0.2) is 67.3 Å². The Labute approximate surface area is 140 Å². The van der Waals surface area contributed by atoms with Gasteiger partial charge in [0.1, 0.15) is 5.60 Å². The number of likely N-dealkylation sites (N-methyl/N-ethyl adjacent to an activating group) is 1. The summed E-state index contributed by atoms with van der Waals surface area (Å²) in [5.74, 6) is -0.226. The van der Waals surface area contributed by atoms with Crippen LogP contribution in [-0.2, 0) is 14.3 Å². The minimum atomic E-state index is -0.500. The Balaban J connectivity index is 2.55. The Bertz CT molecular complexity index is 387. The smallest absolute Gasteiger partial charge is 0.410 e. The minimum absolute atomic E-state index is 0.226. The van der Waals surface area contributed by atoms with Crippen LogP contribution in [0.25, 0.3) is 0 Å². The van der Waals surface area contributed by atoms with Gasteiger partial charge in [-0.2, -0.15) is 0 Å². The van der Waals surface area contributed by atoms with Gasteiger partial charge in [-0.1, -0.05) is 19.3 Å². The molecule has 6 heteroatoms. The third kappa shape index (κ3) is 7.68. The first-order chi connectivity index (χ1) is 10.7. The number of carbonyl (C=O) groups excluding carboxylic acids is 2. The molecular formula is C17H32N2O4. The molecule has 1 aliphatic rings. The van der Waals surface area contributed by atoms with Crippen molar-refractivity contribution in [1.82, 2.24) is 9.80 Å². The fourth-order valence-corrected chi connectivity index (χ4v) is 2.78. The lowest BCUT2D eigenvalue weighted by Gasteiger charge is -2.34. The zero-order valence-corrected chi connectivity index (χ0v) is 15.3. The van der Waals surface area contributed by atoms with Gasteiger partial charge in [0.15, 0.2) is 0 Å². The van der Waals surface area contributed by atoms with E-state index in [-0.39, 0.29) is 18.6 Å². The molecule has 1 rings (SSSR count). The Morgan fingerprint density at radius 3 is 2.22 bits per heavy atom. The standard InChI is InChI=1S/C17H32N2O4/c1-17(2,3)23-16(21)18(4)11-12-19(13-15(20)22-5)14-9-7-6-8-10-14/h14H,6-13H2,1-5H3. The number of methoxy groups -OCH3 is 1. The van der Waals surface area contributed by atoms with E-state index < -0.39 is 5.60 Å². The van der Waals surface area contributed by atoms with Crippen molar-refractivity contribution in [2.24, 2.45) is 0 Å². The SMILES string of the molecule is COC(=O)CN(CCN(C)C(=O)OC(C)(C)C)C1CCCCC1. The van der Waals surface area contributed by atoms with E-state index in [4.69, 9.17) is 9.47 Å². The highest BCUT2D eigenvalue weighted by Crippen LogP contribution is 2.22. The van der Waals surface area contributed by atoms with Gasteiger partial charge in [0.2, 0.25) is 0 Å². The maximum absolute atomic E-state index is 12.0. The maximum atomic E-state index is 12.0. The normalized spacial score (nSPS) is 16.3. The Hall–Kier alpha value is -1.30. The molecule has 0 aromatic heterocycles. The highest BCUT2D eigenvalue weighted by Gasteiger charge is 2.25. The van der Waals surface area contributed by atoms with E-state index >= 15 is 0 Å². The van der Waals surface area contributed by atoms with Crippen LogP contribution in [0.15, 0.2) is 0 Å². The summed E-state index contributed by atoms with van der Waals surface area (Å²) in [6.07, 6.45) is 5.54. The van der Waals surface area contributed by atoms with Crippen LogP contribution in [0.1, 0.15) is 52.9 Å². The predicted molar refractivity (Wildman–Crippen MR) is 89.3 cm³/mol. The van der Waals surface area contributed by atoms with E-state index in [1.54, 1.807) is 11.9 Å². The Morgan fingerprint density at radius 1 is 1.09 bits per heavy atom. The number of ether oxygens (including phenoxy) is 2. The lowest BCUT2D eigenvalue weighted by molar-refractivity contribution is -0.142. The van der Waals surface area contributed by atoms with Crippen molar-refractivity contribution in [1.29, 1.82) is 0 Å². The fourth-order valence-electron chi connectivity index (χ4n) is 2.78. The van der Waals surface area contributed by atoms with Crippen LogP contribution in [0.4, 0.5) is 4.79 Å². The molecule has 1 saturated carbocycles. The summed E-state index contributed by atoms with van der Waals surface area (Å²) in [5.41, 5.74) is -0.500. The molecule has 0 saturated heterocycles. The van der Waals surface area contributed by atoms with Crippen molar-refractivity contribution in [3.05, 3.63) is 0 Å². The molecule has 0 bridgehead atoms. The van der Waals surface area contributed by atoms with Crippen LogP contribution >= 0.6 is 0 Å². The van der Waals surface area contributed by atoms with Crippen LogP contribution in [0.5, 0.6) is 0 Å². The average Bonchev–Trinajstić information content (AvgIpc) is 2.49. The van der Waals surface area contributed by atoms with Crippen LogP contribution in [0.2, 0.25) is 0 Å². The molecule has 0 atom stereocenters. The summed E-state index contributed by atoms with van der Waals surface area (Å²) in [6, 6.07) is 0.398. The largest absolute Gasteiger partial charge is 0.468 e. The van der Waals surface area contributed by atoms with Crippen molar-refractivity contribution < 1.29 is 19.1 Å². The first-order valence-corrected chi connectivity index (χ1v) is 8.48. The molecule has 0 unspecified atom stereocenters. The number of amides is 1. The van der Waals surface area contributed by atoms with Crippen molar-refractivity contribution >= 4 is 12.1 Å². The second kappa shape index (κ2) is 9.11. The molecule has 1 amide bonds. The molecule has 0 N–H and O–H groups in total. The third-order valence-electron chi connectivity index (χ3n) is 4.08. The molecule has 1 fully saturated rings. The van der Waals surface area contributed by atoms with E-state index in [1.807, 2.05) is 20.8 Å². The number of carbonyl (C=O) groups is 2. The second-order valence-electron chi connectivity index (χ2n) is 7.24. The highest BCUT2D eigenvalue weighted by atomic mass is 16.6. The highest BCUT2D eigenvalue weighted by molar-refractivity contribution is 5.71. The molecule has 0 spiro atoms. The number of esters is 1. The average molecular weight is 328 g/mol. The summed E-state index contributed by atoms with van der Waals surface area (Å²) in [5, 5.41) is 0. The first-order valence-electron chi connectivity index (χ1n) is 8.48. The van der Waals surface area contributed by atoms with E-state index in [0.717, 1.165) is 12.8 Å². The van der Waals surface area contributed by atoms with E-state index in [2.05, 4.69) is 4.90 Å². The minimum Gasteiger partial charge on any atom is -0.468 e. The molecule has 0 radical (unpaired) electrons. The number of hydrogen-bond acceptors (Lipinski definition) is 5. The summed E-state index contributed by atoms with van der Waals surface area (Å²) in [7, 11) is 3.14. The predicted octanol–water partition coefficient (Wildman–Crippen LogP) is 2.66. The Morgan fingerprint density at radius 2 is 1.70 bits per heavy atom. The van der Waals surface area contributed by atoms with Gasteiger partial charge in [-0.25, -0.2) is 4.79 Å². The quantitative estimate of drug-likeness (QED) is 0.702. The molecule has 134 valence electrons. The summed E-state index contributed by atoms with van der Waals surface area (Å²) >= 11 is 0. The monoisotopic (exact) mass is 328 g/mol. The Kier molecular flexibility index (Phi) is 7.82. The number of nitrogens with zero attached hydrogens (tertiary/aromatic N) is 2. The first kappa shape index (κ1) is 19.7. The van der Waals surface area contributed by atoms with E-state index in [0.29, 0.717) is 19.1 Å². The summed E-state index contributed by atoms with van der Waals surface area (Å²) in [6.45, 7) is 7.01. The molecule has 23 heavy (non-hydrogen) atoms. The van der Waals surface area contributed by atoms with Crippen molar-refractivity contribution in [3.63, 3.8) is 0 Å². The van der Waals surface area contributed by atoms with Gasteiger partial charge < -0.3 is 14.4 Å². The zero-order chi connectivity index (χ0) is 17.5. The van der Waals surface area contributed by atoms with Gasteiger partial charge in [0.05, 0.1) is 13.7 Å². The number of hydrogen-bond donors (Lipinski definition) is 0. The molecule has 0 aromatic rings. The van der Waals surface area contributed by atoms with Crippen molar-refractivity contribution in [3.8, 4) is 0 Å².